The zero-order valence-electron chi connectivity index (χ0n) is 12.1. The lowest BCUT2D eigenvalue weighted by Gasteiger charge is -2.36. The van der Waals surface area contributed by atoms with Gasteiger partial charge in [-0.25, -0.2) is 0 Å². The van der Waals surface area contributed by atoms with Crippen molar-refractivity contribution >= 4 is 23.2 Å². The maximum atomic E-state index is 12.1. The van der Waals surface area contributed by atoms with Gasteiger partial charge in [0.25, 0.3) is 5.91 Å². The smallest absolute Gasteiger partial charge is 0.257 e. The van der Waals surface area contributed by atoms with Crippen molar-refractivity contribution in [1.29, 1.82) is 0 Å². The normalized spacial score (nSPS) is 22.4. The van der Waals surface area contributed by atoms with Crippen LogP contribution in [0, 0.1) is 6.92 Å². The minimum atomic E-state index is -0.165. The van der Waals surface area contributed by atoms with Crippen molar-refractivity contribution in [3.63, 3.8) is 0 Å². The van der Waals surface area contributed by atoms with Crippen LogP contribution in [-0.2, 0) is 4.74 Å². The summed E-state index contributed by atoms with van der Waals surface area (Å²) in [4.78, 5) is 14.1. The summed E-state index contributed by atoms with van der Waals surface area (Å²) >= 11 is 5.32. The average Bonchev–Trinajstić information content (AvgIpc) is 2.38. The molecule has 1 aromatic carbocycles. The van der Waals surface area contributed by atoms with Gasteiger partial charge in [-0.1, -0.05) is 17.7 Å². The van der Waals surface area contributed by atoms with E-state index in [9.17, 15) is 4.79 Å². The van der Waals surface area contributed by atoms with Crippen molar-refractivity contribution in [3.8, 4) is 0 Å². The number of ether oxygens (including phenoxy) is 1. The Kier molecular flexibility index (Phi) is 4.73. The first-order valence-corrected chi connectivity index (χ1v) is 7.19. The fourth-order valence-corrected chi connectivity index (χ4v) is 2.54. The minimum Gasteiger partial charge on any atom is -0.372 e. The number of hydrogen-bond donors (Lipinski definition) is 1. The monoisotopic (exact) mass is 292 g/mol. The van der Waals surface area contributed by atoms with E-state index in [0.717, 1.165) is 5.56 Å². The second-order valence-electron chi connectivity index (χ2n) is 5.29. The third kappa shape index (κ3) is 3.77. The van der Waals surface area contributed by atoms with Crippen LogP contribution >= 0.6 is 12.2 Å². The molecular formula is C15H20N2O2S. The van der Waals surface area contributed by atoms with Crippen molar-refractivity contribution in [2.45, 2.75) is 33.0 Å². The first-order valence-electron chi connectivity index (χ1n) is 6.78. The summed E-state index contributed by atoms with van der Waals surface area (Å²) in [5.74, 6) is -0.165. The van der Waals surface area contributed by atoms with Crippen molar-refractivity contribution in [1.82, 2.24) is 10.2 Å². The van der Waals surface area contributed by atoms with Gasteiger partial charge in [0.15, 0.2) is 5.11 Å². The van der Waals surface area contributed by atoms with Gasteiger partial charge in [-0.3, -0.25) is 10.1 Å². The Morgan fingerprint density at radius 2 is 1.80 bits per heavy atom. The molecule has 1 aromatic rings. The molecule has 1 amide bonds. The molecule has 1 saturated heterocycles. The fraction of sp³-hybridized carbons (Fsp3) is 0.467. The summed E-state index contributed by atoms with van der Waals surface area (Å²) in [7, 11) is 0. The molecule has 2 atom stereocenters. The van der Waals surface area contributed by atoms with Gasteiger partial charge in [0.2, 0.25) is 0 Å². The van der Waals surface area contributed by atoms with E-state index >= 15 is 0 Å². The summed E-state index contributed by atoms with van der Waals surface area (Å²) in [5.41, 5.74) is 1.74. The van der Waals surface area contributed by atoms with E-state index in [4.69, 9.17) is 17.0 Å². The lowest BCUT2D eigenvalue weighted by molar-refractivity contribution is -0.0481. The van der Waals surface area contributed by atoms with E-state index in [0.29, 0.717) is 23.8 Å². The second kappa shape index (κ2) is 6.33. The van der Waals surface area contributed by atoms with Gasteiger partial charge in [-0.2, -0.15) is 0 Å². The molecule has 4 nitrogen and oxygen atoms in total. The van der Waals surface area contributed by atoms with Gasteiger partial charge < -0.3 is 9.64 Å². The maximum Gasteiger partial charge on any atom is 0.257 e. The average molecular weight is 292 g/mol. The molecule has 1 aliphatic heterocycles. The molecule has 0 aliphatic carbocycles. The van der Waals surface area contributed by atoms with Crippen molar-refractivity contribution in [2.24, 2.45) is 0 Å². The van der Waals surface area contributed by atoms with Crippen LogP contribution in [-0.4, -0.2) is 41.2 Å². The Balaban J connectivity index is 1.97. The van der Waals surface area contributed by atoms with Crippen LogP contribution in [0.4, 0.5) is 0 Å². The standard InChI is InChI=1S/C15H20N2O2S/c1-10-4-6-13(7-5-10)14(18)16-15(20)17-8-11(2)19-12(3)9-17/h4-7,11-12H,8-9H2,1-3H3,(H,16,18,20)/t11-,12-/m1/s1. The zero-order chi connectivity index (χ0) is 14.7. The van der Waals surface area contributed by atoms with Crippen LogP contribution < -0.4 is 5.32 Å². The number of thiocarbonyl (C=S) groups is 1. The molecular weight excluding hydrogens is 272 g/mol. The third-order valence-corrected chi connectivity index (χ3v) is 3.60. The van der Waals surface area contributed by atoms with Gasteiger partial charge in [-0.15, -0.1) is 0 Å². The molecule has 108 valence electrons. The Morgan fingerprint density at radius 3 is 2.35 bits per heavy atom. The van der Waals surface area contributed by atoms with Crippen molar-refractivity contribution < 1.29 is 9.53 Å². The van der Waals surface area contributed by atoms with Crippen LogP contribution in [0.15, 0.2) is 24.3 Å². The zero-order valence-corrected chi connectivity index (χ0v) is 12.9. The van der Waals surface area contributed by atoms with Gasteiger partial charge >= 0.3 is 0 Å². The van der Waals surface area contributed by atoms with Gasteiger partial charge in [0.05, 0.1) is 12.2 Å². The topological polar surface area (TPSA) is 41.6 Å². The molecule has 1 N–H and O–H groups in total. The van der Waals surface area contributed by atoms with Crippen LogP contribution in [0.2, 0.25) is 0 Å². The van der Waals surface area contributed by atoms with Crippen molar-refractivity contribution in [3.05, 3.63) is 35.4 Å². The highest BCUT2D eigenvalue weighted by Crippen LogP contribution is 2.11. The van der Waals surface area contributed by atoms with Crippen molar-refractivity contribution in [2.75, 3.05) is 13.1 Å². The predicted octanol–water partition coefficient (Wildman–Crippen LogP) is 2.12. The number of carbonyl (C=O) groups is 1. The first kappa shape index (κ1) is 14.9. The lowest BCUT2D eigenvalue weighted by Crippen LogP contribution is -2.52. The Morgan fingerprint density at radius 1 is 1.25 bits per heavy atom. The maximum absolute atomic E-state index is 12.1. The van der Waals surface area contributed by atoms with E-state index in [1.807, 2.05) is 37.8 Å². The van der Waals surface area contributed by atoms with E-state index in [-0.39, 0.29) is 18.1 Å². The third-order valence-electron chi connectivity index (χ3n) is 3.24. The van der Waals surface area contributed by atoms with Gasteiger partial charge in [-0.05, 0) is 45.1 Å². The Bertz CT molecular complexity index is 491. The summed E-state index contributed by atoms with van der Waals surface area (Å²) < 4.78 is 5.66. The molecule has 20 heavy (non-hydrogen) atoms. The van der Waals surface area contributed by atoms with E-state index in [1.165, 1.54) is 0 Å². The van der Waals surface area contributed by atoms with E-state index in [1.54, 1.807) is 12.1 Å². The molecule has 0 bridgehead atoms. The summed E-state index contributed by atoms with van der Waals surface area (Å²) in [6, 6.07) is 7.43. The molecule has 5 heteroatoms. The summed E-state index contributed by atoms with van der Waals surface area (Å²) in [5, 5.41) is 3.26. The Hall–Kier alpha value is -1.46. The molecule has 0 aromatic heterocycles. The summed E-state index contributed by atoms with van der Waals surface area (Å²) in [6.45, 7) is 7.41. The number of aryl methyl sites for hydroxylation is 1. The molecule has 1 heterocycles. The highest BCUT2D eigenvalue weighted by atomic mass is 32.1. The molecule has 1 fully saturated rings. The highest BCUT2D eigenvalue weighted by molar-refractivity contribution is 7.80. The minimum absolute atomic E-state index is 0.118. The van der Waals surface area contributed by atoms with E-state index in [2.05, 4.69) is 5.32 Å². The number of rotatable bonds is 1. The highest BCUT2D eigenvalue weighted by Gasteiger charge is 2.24. The molecule has 0 spiro atoms. The molecule has 0 saturated carbocycles. The summed E-state index contributed by atoms with van der Waals surface area (Å²) in [6.07, 6.45) is 0.237. The SMILES string of the molecule is Cc1ccc(C(=O)NC(=S)N2C[C@@H](C)O[C@H](C)C2)cc1. The number of benzene rings is 1. The quantitative estimate of drug-likeness (QED) is 0.805. The number of hydrogen-bond acceptors (Lipinski definition) is 3. The number of nitrogens with zero attached hydrogens (tertiary/aromatic N) is 1. The predicted molar refractivity (Wildman–Crippen MR) is 82.8 cm³/mol. The number of nitrogens with one attached hydrogen (secondary N) is 1. The van der Waals surface area contributed by atoms with Crippen LogP contribution in [0.5, 0.6) is 0 Å². The molecule has 2 rings (SSSR count). The van der Waals surface area contributed by atoms with Gasteiger partial charge in [0, 0.05) is 18.7 Å². The first-order chi connectivity index (χ1) is 9.45. The number of morpholine rings is 1. The van der Waals surface area contributed by atoms with Crippen LogP contribution in [0.25, 0.3) is 0 Å². The lowest BCUT2D eigenvalue weighted by atomic mass is 10.1. The largest absolute Gasteiger partial charge is 0.372 e. The van der Waals surface area contributed by atoms with E-state index < -0.39 is 0 Å². The van der Waals surface area contributed by atoms with Crippen LogP contribution in [0.3, 0.4) is 0 Å². The molecule has 0 radical (unpaired) electrons. The molecule has 1 aliphatic rings. The van der Waals surface area contributed by atoms with Gasteiger partial charge in [0.1, 0.15) is 0 Å². The van der Waals surface area contributed by atoms with Crippen LogP contribution in [0.1, 0.15) is 29.8 Å². The molecule has 0 unspecified atom stereocenters. The fourth-order valence-electron chi connectivity index (χ4n) is 2.30. The number of carbonyl (C=O) groups excluding carboxylic acids is 1. The number of amides is 1. The Labute approximate surface area is 125 Å². The second-order valence-corrected chi connectivity index (χ2v) is 5.67.